The maximum atomic E-state index is 5.89. The number of benzene rings is 2. The lowest BCUT2D eigenvalue weighted by Crippen LogP contribution is -2.14. The lowest BCUT2D eigenvalue weighted by atomic mass is 9.89. The maximum Gasteiger partial charge on any atom is 0.147 e. The Morgan fingerprint density at radius 1 is 0.950 bits per heavy atom. The molecule has 0 bridgehead atoms. The summed E-state index contributed by atoms with van der Waals surface area (Å²) in [6, 6.07) is 20.4. The van der Waals surface area contributed by atoms with Crippen molar-refractivity contribution in [1.29, 1.82) is 0 Å². The van der Waals surface area contributed by atoms with E-state index in [1.54, 1.807) is 7.11 Å². The number of rotatable bonds is 7. The molecule has 0 unspecified atom stereocenters. The maximum absolute atomic E-state index is 5.89. The van der Waals surface area contributed by atoms with Crippen LogP contribution < -0.4 is 0 Å². The van der Waals surface area contributed by atoms with Gasteiger partial charge in [-0.3, -0.25) is 0 Å². The lowest BCUT2D eigenvalue weighted by molar-refractivity contribution is -0.0778. The molecule has 0 spiro atoms. The summed E-state index contributed by atoms with van der Waals surface area (Å²) < 4.78 is 11.0. The van der Waals surface area contributed by atoms with Crippen LogP contribution in [0.5, 0.6) is 0 Å². The molecule has 0 heterocycles. The zero-order chi connectivity index (χ0) is 14.2. The first-order chi connectivity index (χ1) is 9.86. The molecule has 2 aromatic rings. The standard InChI is InChI=1S/C18H20O2/c1-3-17(15-10-6-4-7-11-15)18(20-14-19-2)16-12-8-5-9-13-16/h3-13,17-18H,1,14H2,2H3/t17-,18-/m1/s1. The zero-order valence-corrected chi connectivity index (χ0v) is 11.7. The van der Waals surface area contributed by atoms with Gasteiger partial charge < -0.3 is 9.47 Å². The molecule has 0 N–H and O–H groups in total. The van der Waals surface area contributed by atoms with Crippen LogP contribution in [0.1, 0.15) is 23.1 Å². The van der Waals surface area contributed by atoms with Gasteiger partial charge in [-0.05, 0) is 11.1 Å². The fourth-order valence-electron chi connectivity index (χ4n) is 2.30. The summed E-state index contributed by atoms with van der Waals surface area (Å²) in [7, 11) is 1.63. The van der Waals surface area contributed by atoms with Crippen LogP contribution in [0, 0.1) is 0 Å². The highest BCUT2D eigenvalue weighted by molar-refractivity contribution is 5.30. The van der Waals surface area contributed by atoms with Crippen molar-refractivity contribution in [2.45, 2.75) is 12.0 Å². The van der Waals surface area contributed by atoms with Crippen LogP contribution in [0.2, 0.25) is 0 Å². The molecule has 0 fully saturated rings. The first-order valence-corrected chi connectivity index (χ1v) is 6.69. The third-order valence-electron chi connectivity index (χ3n) is 3.26. The van der Waals surface area contributed by atoms with Gasteiger partial charge in [0.1, 0.15) is 6.79 Å². The Kier molecular flexibility index (Phi) is 5.54. The highest BCUT2D eigenvalue weighted by Crippen LogP contribution is 2.34. The summed E-state index contributed by atoms with van der Waals surface area (Å²) in [5, 5.41) is 0. The third-order valence-corrected chi connectivity index (χ3v) is 3.26. The van der Waals surface area contributed by atoms with Gasteiger partial charge in [-0.15, -0.1) is 6.58 Å². The Morgan fingerprint density at radius 3 is 2.00 bits per heavy atom. The highest BCUT2D eigenvalue weighted by atomic mass is 16.7. The van der Waals surface area contributed by atoms with Gasteiger partial charge in [-0.25, -0.2) is 0 Å². The molecule has 2 rings (SSSR count). The Labute approximate surface area is 120 Å². The molecule has 2 atom stereocenters. The molecular weight excluding hydrogens is 248 g/mol. The van der Waals surface area contributed by atoms with Crippen LogP contribution in [0.4, 0.5) is 0 Å². The van der Waals surface area contributed by atoms with Crippen molar-refractivity contribution in [2.75, 3.05) is 13.9 Å². The Bertz CT molecular complexity index is 507. The van der Waals surface area contributed by atoms with Crippen LogP contribution in [0.15, 0.2) is 73.3 Å². The molecular formula is C18H20O2. The molecule has 0 aliphatic heterocycles. The summed E-state index contributed by atoms with van der Waals surface area (Å²) in [5.41, 5.74) is 2.31. The van der Waals surface area contributed by atoms with Crippen molar-refractivity contribution in [2.24, 2.45) is 0 Å². The molecule has 2 nitrogen and oxygen atoms in total. The van der Waals surface area contributed by atoms with Gasteiger partial charge in [-0.1, -0.05) is 66.7 Å². The molecule has 104 valence electrons. The van der Waals surface area contributed by atoms with Crippen molar-refractivity contribution in [3.8, 4) is 0 Å². The van der Waals surface area contributed by atoms with Crippen molar-refractivity contribution in [1.82, 2.24) is 0 Å². The van der Waals surface area contributed by atoms with Crippen LogP contribution >= 0.6 is 0 Å². The van der Waals surface area contributed by atoms with Gasteiger partial charge in [0.2, 0.25) is 0 Å². The smallest absolute Gasteiger partial charge is 0.147 e. The Hall–Kier alpha value is -1.90. The summed E-state index contributed by atoms with van der Waals surface area (Å²) in [6.07, 6.45) is 1.83. The number of methoxy groups -OCH3 is 1. The minimum Gasteiger partial charge on any atom is -0.359 e. The molecule has 0 amide bonds. The number of hydrogen-bond acceptors (Lipinski definition) is 2. The van der Waals surface area contributed by atoms with Crippen LogP contribution in [-0.4, -0.2) is 13.9 Å². The van der Waals surface area contributed by atoms with E-state index < -0.39 is 0 Å². The number of ether oxygens (including phenoxy) is 2. The van der Waals surface area contributed by atoms with E-state index in [1.807, 2.05) is 42.5 Å². The molecule has 0 aliphatic rings. The Morgan fingerprint density at radius 2 is 1.50 bits per heavy atom. The van der Waals surface area contributed by atoms with Gasteiger partial charge in [0.05, 0.1) is 6.10 Å². The molecule has 20 heavy (non-hydrogen) atoms. The second-order valence-electron chi connectivity index (χ2n) is 4.58. The minimum atomic E-state index is -0.101. The molecule has 0 saturated heterocycles. The van der Waals surface area contributed by atoms with Gasteiger partial charge >= 0.3 is 0 Å². The van der Waals surface area contributed by atoms with E-state index in [2.05, 4.69) is 30.8 Å². The topological polar surface area (TPSA) is 18.5 Å². The average molecular weight is 268 g/mol. The normalized spacial score (nSPS) is 13.7. The first kappa shape index (κ1) is 14.5. The quantitative estimate of drug-likeness (QED) is 0.550. The minimum absolute atomic E-state index is 0.0914. The fourth-order valence-corrected chi connectivity index (χ4v) is 2.30. The lowest BCUT2D eigenvalue weighted by Gasteiger charge is -2.25. The molecule has 0 aromatic heterocycles. The van der Waals surface area contributed by atoms with Crippen molar-refractivity contribution in [3.63, 3.8) is 0 Å². The first-order valence-electron chi connectivity index (χ1n) is 6.69. The van der Waals surface area contributed by atoms with E-state index in [9.17, 15) is 0 Å². The summed E-state index contributed by atoms with van der Waals surface area (Å²) in [6.45, 7) is 4.23. The SMILES string of the molecule is C=C[C@H](c1ccccc1)[C@H](OCOC)c1ccccc1. The van der Waals surface area contributed by atoms with Gasteiger partial charge in [0, 0.05) is 13.0 Å². The van der Waals surface area contributed by atoms with E-state index in [1.165, 1.54) is 5.56 Å². The summed E-state index contributed by atoms with van der Waals surface area (Å²) in [5.74, 6) is 0.0914. The van der Waals surface area contributed by atoms with Gasteiger partial charge in [0.15, 0.2) is 0 Å². The van der Waals surface area contributed by atoms with E-state index in [4.69, 9.17) is 9.47 Å². The molecule has 2 heteroatoms. The van der Waals surface area contributed by atoms with Crippen LogP contribution in [0.25, 0.3) is 0 Å². The zero-order valence-electron chi connectivity index (χ0n) is 11.7. The second kappa shape index (κ2) is 7.63. The summed E-state index contributed by atoms with van der Waals surface area (Å²) in [4.78, 5) is 0. The Balaban J connectivity index is 2.31. The van der Waals surface area contributed by atoms with Crippen molar-refractivity contribution >= 4 is 0 Å². The second-order valence-corrected chi connectivity index (χ2v) is 4.58. The van der Waals surface area contributed by atoms with Crippen molar-refractivity contribution < 1.29 is 9.47 Å². The summed E-state index contributed by atoms with van der Waals surface area (Å²) >= 11 is 0. The van der Waals surface area contributed by atoms with Crippen molar-refractivity contribution in [3.05, 3.63) is 84.4 Å². The van der Waals surface area contributed by atoms with Crippen LogP contribution in [-0.2, 0) is 9.47 Å². The number of hydrogen-bond donors (Lipinski definition) is 0. The monoisotopic (exact) mass is 268 g/mol. The van der Waals surface area contributed by atoms with E-state index in [0.717, 1.165) is 5.56 Å². The molecule has 0 aliphatic carbocycles. The third kappa shape index (κ3) is 3.56. The van der Waals surface area contributed by atoms with Gasteiger partial charge in [-0.2, -0.15) is 0 Å². The molecule has 2 aromatic carbocycles. The van der Waals surface area contributed by atoms with E-state index >= 15 is 0 Å². The van der Waals surface area contributed by atoms with E-state index in [-0.39, 0.29) is 18.8 Å². The fraction of sp³-hybridized carbons (Fsp3) is 0.222. The molecule has 0 radical (unpaired) electrons. The van der Waals surface area contributed by atoms with E-state index in [0.29, 0.717) is 0 Å². The van der Waals surface area contributed by atoms with Crippen LogP contribution in [0.3, 0.4) is 0 Å². The van der Waals surface area contributed by atoms with Gasteiger partial charge in [0.25, 0.3) is 0 Å². The highest BCUT2D eigenvalue weighted by Gasteiger charge is 2.22. The molecule has 0 saturated carbocycles. The predicted molar refractivity (Wildman–Crippen MR) is 81.5 cm³/mol. The average Bonchev–Trinajstić information content (AvgIpc) is 2.53. The largest absolute Gasteiger partial charge is 0.359 e. The predicted octanol–water partition coefficient (Wildman–Crippen LogP) is 4.32.